The van der Waals surface area contributed by atoms with Gasteiger partial charge < -0.3 is 4.74 Å². The summed E-state index contributed by atoms with van der Waals surface area (Å²) in [6, 6.07) is 11.4. The van der Waals surface area contributed by atoms with E-state index in [0.717, 1.165) is 5.56 Å². The number of halogens is 1. The van der Waals surface area contributed by atoms with Crippen LogP contribution in [0, 0.1) is 17.2 Å². The smallest absolute Gasteiger partial charge is 0.314 e. The molecule has 2 unspecified atom stereocenters. The molecule has 0 saturated heterocycles. The molecule has 0 amide bonds. The largest absolute Gasteiger partial charge is 0.465 e. The van der Waals surface area contributed by atoms with Crippen LogP contribution in [0.5, 0.6) is 0 Å². The van der Waals surface area contributed by atoms with Gasteiger partial charge in [0.1, 0.15) is 0 Å². The van der Waals surface area contributed by atoms with Crippen molar-refractivity contribution >= 4 is 17.6 Å². The Morgan fingerprint density at radius 1 is 1.44 bits per heavy atom. The molecule has 96 valence electrons. The summed E-state index contributed by atoms with van der Waals surface area (Å²) in [4.78, 5) is 12.0. The minimum Gasteiger partial charge on any atom is -0.465 e. The van der Waals surface area contributed by atoms with Crippen LogP contribution in [-0.4, -0.2) is 18.5 Å². The van der Waals surface area contributed by atoms with Crippen molar-refractivity contribution in [3.05, 3.63) is 35.9 Å². The first-order valence-corrected chi connectivity index (χ1v) is 6.45. The summed E-state index contributed by atoms with van der Waals surface area (Å²) in [5.41, 5.74) is 0.799. The zero-order valence-corrected chi connectivity index (χ0v) is 11.1. The van der Waals surface area contributed by atoms with Crippen molar-refractivity contribution < 1.29 is 9.53 Å². The second-order valence-electron chi connectivity index (χ2n) is 3.85. The van der Waals surface area contributed by atoms with Gasteiger partial charge in [-0.1, -0.05) is 30.3 Å². The van der Waals surface area contributed by atoms with Gasteiger partial charge in [-0.3, -0.25) is 4.79 Å². The van der Waals surface area contributed by atoms with Crippen LogP contribution < -0.4 is 0 Å². The van der Waals surface area contributed by atoms with Gasteiger partial charge in [-0.05, 0) is 18.9 Å². The molecule has 0 aromatic heterocycles. The number of carbonyl (C=O) groups excluding carboxylic acids is 1. The maximum Gasteiger partial charge on any atom is 0.314 e. The third-order valence-corrected chi connectivity index (χ3v) is 2.91. The van der Waals surface area contributed by atoms with E-state index in [0.29, 0.717) is 18.9 Å². The fourth-order valence-electron chi connectivity index (χ4n) is 1.85. The van der Waals surface area contributed by atoms with Crippen molar-refractivity contribution in [3.8, 4) is 6.07 Å². The molecule has 0 aliphatic carbocycles. The number of nitrogens with zero attached hydrogens (tertiary/aromatic N) is 1. The maximum atomic E-state index is 12.0. The lowest BCUT2D eigenvalue weighted by atomic mass is 9.85. The number of nitriles is 1. The van der Waals surface area contributed by atoms with Crippen LogP contribution >= 0.6 is 11.6 Å². The van der Waals surface area contributed by atoms with Crippen molar-refractivity contribution in [2.45, 2.75) is 19.3 Å². The van der Waals surface area contributed by atoms with Crippen LogP contribution in [0.3, 0.4) is 0 Å². The number of alkyl halides is 1. The quantitative estimate of drug-likeness (QED) is 0.587. The number of ether oxygens (including phenoxy) is 1. The Hall–Kier alpha value is -1.53. The first kappa shape index (κ1) is 14.5. The van der Waals surface area contributed by atoms with E-state index in [1.807, 2.05) is 30.3 Å². The minimum absolute atomic E-state index is 0.307. The van der Waals surface area contributed by atoms with E-state index < -0.39 is 11.8 Å². The van der Waals surface area contributed by atoms with Crippen molar-refractivity contribution in [2.24, 2.45) is 5.92 Å². The van der Waals surface area contributed by atoms with E-state index in [4.69, 9.17) is 16.3 Å². The summed E-state index contributed by atoms with van der Waals surface area (Å²) in [5, 5.41) is 9.19. The van der Waals surface area contributed by atoms with Gasteiger partial charge in [-0.25, -0.2) is 0 Å². The van der Waals surface area contributed by atoms with Gasteiger partial charge in [0.25, 0.3) is 0 Å². The number of benzene rings is 1. The number of hydrogen-bond acceptors (Lipinski definition) is 3. The van der Waals surface area contributed by atoms with E-state index in [-0.39, 0.29) is 5.97 Å². The van der Waals surface area contributed by atoms with Crippen LogP contribution in [0.2, 0.25) is 0 Å². The van der Waals surface area contributed by atoms with Gasteiger partial charge in [-0.15, -0.1) is 11.6 Å². The monoisotopic (exact) mass is 265 g/mol. The molecule has 1 rings (SSSR count). The third kappa shape index (κ3) is 3.75. The molecule has 0 radical (unpaired) electrons. The number of hydrogen-bond donors (Lipinski definition) is 0. The summed E-state index contributed by atoms with van der Waals surface area (Å²) in [6.07, 6.45) is 0.469. The van der Waals surface area contributed by atoms with Crippen molar-refractivity contribution in [1.82, 2.24) is 0 Å². The number of esters is 1. The van der Waals surface area contributed by atoms with E-state index in [1.165, 1.54) is 0 Å². The Morgan fingerprint density at radius 3 is 2.61 bits per heavy atom. The first-order chi connectivity index (χ1) is 8.74. The molecule has 2 atom stereocenters. The molecule has 18 heavy (non-hydrogen) atoms. The molecular formula is C14H16ClNO2. The number of rotatable bonds is 6. The highest BCUT2D eigenvalue weighted by molar-refractivity contribution is 6.17. The topological polar surface area (TPSA) is 50.1 Å². The Kier molecular flexibility index (Phi) is 6.24. The second kappa shape index (κ2) is 7.73. The SMILES string of the molecule is CCOC(=O)C(c1ccccc1)C(C#N)CCCl. The summed E-state index contributed by atoms with van der Waals surface area (Å²) in [5.74, 6) is -1.03. The normalized spacial score (nSPS) is 13.4. The van der Waals surface area contributed by atoms with Crippen LogP contribution in [0.25, 0.3) is 0 Å². The molecule has 0 aliphatic rings. The molecule has 0 bridgehead atoms. The summed E-state index contributed by atoms with van der Waals surface area (Å²) < 4.78 is 5.05. The fourth-order valence-corrected chi connectivity index (χ4v) is 2.08. The lowest BCUT2D eigenvalue weighted by Crippen LogP contribution is -2.23. The molecule has 1 aromatic carbocycles. The van der Waals surface area contributed by atoms with E-state index >= 15 is 0 Å². The van der Waals surface area contributed by atoms with Crippen molar-refractivity contribution in [3.63, 3.8) is 0 Å². The Balaban J connectivity index is 3.02. The Bertz CT molecular complexity index is 414. The molecule has 0 saturated carbocycles. The summed E-state index contributed by atoms with van der Waals surface area (Å²) in [6.45, 7) is 2.06. The van der Waals surface area contributed by atoms with Gasteiger partial charge >= 0.3 is 5.97 Å². The molecule has 3 nitrogen and oxygen atoms in total. The number of carbonyl (C=O) groups is 1. The predicted molar refractivity (Wildman–Crippen MR) is 70.3 cm³/mol. The van der Waals surface area contributed by atoms with Gasteiger partial charge in [0.15, 0.2) is 0 Å². The highest BCUT2D eigenvalue weighted by Crippen LogP contribution is 2.28. The standard InChI is InChI=1S/C14H16ClNO2/c1-2-18-14(17)13(12(10-16)8-9-15)11-6-4-3-5-7-11/h3-7,12-13H,2,8-9H2,1H3. The molecular weight excluding hydrogens is 250 g/mol. The van der Waals surface area contributed by atoms with Gasteiger partial charge in [0.05, 0.1) is 24.5 Å². The lowest BCUT2D eigenvalue weighted by molar-refractivity contribution is -0.145. The third-order valence-electron chi connectivity index (χ3n) is 2.69. The molecule has 4 heteroatoms. The highest BCUT2D eigenvalue weighted by Gasteiger charge is 2.30. The summed E-state index contributed by atoms with van der Waals surface area (Å²) in [7, 11) is 0. The highest BCUT2D eigenvalue weighted by atomic mass is 35.5. The predicted octanol–water partition coefficient (Wildman–Crippen LogP) is 3.10. The van der Waals surface area contributed by atoms with Gasteiger partial charge in [0, 0.05) is 5.88 Å². The van der Waals surface area contributed by atoms with Crippen molar-refractivity contribution in [2.75, 3.05) is 12.5 Å². The van der Waals surface area contributed by atoms with Gasteiger partial charge in [-0.2, -0.15) is 5.26 Å². The molecule has 0 fully saturated rings. The van der Waals surface area contributed by atoms with E-state index in [9.17, 15) is 10.1 Å². The van der Waals surface area contributed by atoms with Crippen LogP contribution in [0.15, 0.2) is 30.3 Å². The van der Waals surface area contributed by atoms with Crippen LogP contribution in [0.1, 0.15) is 24.8 Å². The Labute approximate surface area is 112 Å². The molecule has 0 N–H and O–H groups in total. The van der Waals surface area contributed by atoms with E-state index in [1.54, 1.807) is 6.92 Å². The zero-order valence-electron chi connectivity index (χ0n) is 10.3. The van der Waals surface area contributed by atoms with Gasteiger partial charge in [0.2, 0.25) is 0 Å². The minimum atomic E-state index is -0.560. The molecule has 0 heterocycles. The van der Waals surface area contributed by atoms with E-state index in [2.05, 4.69) is 6.07 Å². The zero-order chi connectivity index (χ0) is 13.4. The Morgan fingerprint density at radius 2 is 2.11 bits per heavy atom. The van der Waals surface area contributed by atoms with Crippen molar-refractivity contribution in [1.29, 1.82) is 5.26 Å². The van der Waals surface area contributed by atoms with Crippen LogP contribution in [0.4, 0.5) is 0 Å². The van der Waals surface area contributed by atoms with Crippen LogP contribution in [-0.2, 0) is 9.53 Å². The molecule has 1 aromatic rings. The maximum absolute atomic E-state index is 12.0. The first-order valence-electron chi connectivity index (χ1n) is 5.91. The average Bonchev–Trinajstić information content (AvgIpc) is 2.39. The second-order valence-corrected chi connectivity index (χ2v) is 4.23. The molecule has 0 spiro atoms. The fraction of sp³-hybridized carbons (Fsp3) is 0.429. The molecule has 0 aliphatic heterocycles. The lowest BCUT2D eigenvalue weighted by Gasteiger charge is -2.20. The average molecular weight is 266 g/mol. The summed E-state index contributed by atoms with van der Waals surface area (Å²) >= 11 is 5.69.